The predicted octanol–water partition coefficient (Wildman–Crippen LogP) is 2.65. The summed E-state index contributed by atoms with van der Waals surface area (Å²) >= 11 is 0. The van der Waals surface area contributed by atoms with Crippen molar-refractivity contribution in [2.45, 2.75) is 57.0 Å². The zero-order chi connectivity index (χ0) is 18.0. The Hall–Kier alpha value is -2.24. The Balaban J connectivity index is 1.92. The van der Waals surface area contributed by atoms with Crippen molar-refractivity contribution in [2.24, 2.45) is 0 Å². The van der Waals surface area contributed by atoms with Crippen LogP contribution in [0.15, 0.2) is 18.2 Å². The lowest BCUT2D eigenvalue weighted by Gasteiger charge is -2.35. The minimum Gasteiger partial charge on any atom is -0.497 e. The number of nitrogens with zero attached hydrogens (tertiary/aromatic N) is 1. The van der Waals surface area contributed by atoms with Gasteiger partial charge in [-0.05, 0) is 38.3 Å². The van der Waals surface area contributed by atoms with Crippen LogP contribution in [0.25, 0.3) is 0 Å². The first-order valence-corrected chi connectivity index (χ1v) is 8.85. The summed E-state index contributed by atoms with van der Waals surface area (Å²) in [5, 5.41) is 3.14. The molecule has 0 spiro atoms. The molecule has 0 aromatic heterocycles. The molecule has 0 bridgehead atoms. The van der Waals surface area contributed by atoms with E-state index in [2.05, 4.69) is 5.32 Å². The summed E-state index contributed by atoms with van der Waals surface area (Å²) in [6.07, 6.45) is 5.18. The molecule has 1 aromatic rings. The van der Waals surface area contributed by atoms with E-state index in [4.69, 9.17) is 9.47 Å². The molecule has 2 amide bonds. The molecule has 1 atom stereocenters. The molecular formula is C19H26N2O4. The van der Waals surface area contributed by atoms with Gasteiger partial charge in [0, 0.05) is 18.5 Å². The number of ether oxygens (including phenoxy) is 2. The summed E-state index contributed by atoms with van der Waals surface area (Å²) in [5.41, 5.74) is -0.295. The first-order chi connectivity index (χ1) is 12.0. The Morgan fingerprint density at radius 1 is 1.24 bits per heavy atom. The van der Waals surface area contributed by atoms with E-state index in [0.29, 0.717) is 30.0 Å². The molecule has 0 unspecified atom stereocenters. The average Bonchev–Trinajstić information content (AvgIpc) is 3.23. The van der Waals surface area contributed by atoms with E-state index in [1.807, 2.05) is 6.92 Å². The van der Waals surface area contributed by atoms with Crippen molar-refractivity contribution in [1.82, 2.24) is 5.32 Å². The van der Waals surface area contributed by atoms with Crippen molar-refractivity contribution in [1.29, 1.82) is 0 Å². The molecule has 1 aliphatic carbocycles. The van der Waals surface area contributed by atoms with Crippen molar-refractivity contribution >= 4 is 17.5 Å². The van der Waals surface area contributed by atoms with Crippen LogP contribution in [0, 0.1) is 0 Å². The van der Waals surface area contributed by atoms with Gasteiger partial charge in [0.1, 0.15) is 17.0 Å². The van der Waals surface area contributed by atoms with Gasteiger partial charge < -0.3 is 14.8 Å². The van der Waals surface area contributed by atoms with E-state index in [-0.39, 0.29) is 17.9 Å². The second-order valence-corrected chi connectivity index (χ2v) is 7.00. The van der Waals surface area contributed by atoms with Crippen LogP contribution >= 0.6 is 0 Å². The normalized spacial score (nSPS) is 23.8. The number of rotatable bonds is 5. The van der Waals surface area contributed by atoms with Crippen molar-refractivity contribution < 1.29 is 19.1 Å². The monoisotopic (exact) mass is 346 g/mol. The lowest BCUT2D eigenvalue weighted by molar-refractivity contribution is -0.127. The Kier molecular flexibility index (Phi) is 4.88. The molecular weight excluding hydrogens is 320 g/mol. The highest BCUT2D eigenvalue weighted by Crippen LogP contribution is 2.41. The van der Waals surface area contributed by atoms with Crippen LogP contribution in [0.2, 0.25) is 0 Å². The lowest BCUT2D eigenvalue weighted by Crippen LogP contribution is -2.56. The highest BCUT2D eigenvalue weighted by atomic mass is 16.5. The number of methoxy groups -OCH3 is 2. The fraction of sp³-hybridized carbons (Fsp3) is 0.579. The fourth-order valence-corrected chi connectivity index (χ4v) is 3.85. The molecule has 1 aliphatic heterocycles. The zero-order valence-corrected chi connectivity index (χ0v) is 15.1. The number of carbonyl (C=O) groups is 2. The molecule has 1 saturated heterocycles. The summed E-state index contributed by atoms with van der Waals surface area (Å²) in [4.78, 5) is 27.2. The van der Waals surface area contributed by atoms with Gasteiger partial charge in [-0.15, -0.1) is 0 Å². The van der Waals surface area contributed by atoms with Gasteiger partial charge in [0.25, 0.3) is 0 Å². The SMILES string of the molecule is COc1ccc(N2C(=O)CC[C@]2(C)C(=O)NC2CCCC2)c(OC)c1. The van der Waals surface area contributed by atoms with Crippen molar-refractivity contribution in [3.05, 3.63) is 18.2 Å². The van der Waals surface area contributed by atoms with Gasteiger partial charge in [-0.3, -0.25) is 14.5 Å². The zero-order valence-electron chi connectivity index (χ0n) is 15.1. The van der Waals surface area contributed by atoms with Crippen LogP contribution in [-0.2, 0) is 9.59 Å². The van der Waals surface area contributed by atoms with Gasteiger partial charge in [0.05, 0.1) is 19.9 Å². The first kappa shape index (κ1) is 17.6. The summed E-state index contributed by atoms with van der Waals surface area (Å²) < 4.78 is 10.7. The van der Waals surface area contributed by atoms with Gasteiger partial charge in [0.15, 0.2) is 0 Å². The van der Waals surface area contributed by atoms with Crippen LogP contribution in [0.1, 0.15) is 45.4 Å². The summed E-state index contributed by atoms with van der Waals surface area (Å²) in [6, 6.07) is 5.51. The van der Waals surface area contributed by atoms with Crippen molar-refractivity contribution in [3.63, 3.8) is 0 Å². The van der Waals surface area contributed by atoms with E-state index >= 15 is 0 Å². The minimum atomic E-state index is -0.901. The second-order valence-electron chi connectivity index (χ2n) is 7.00. The van der Waals surface area contributed by atoms with Crippen LogP contribution in [0.3, 0.4) is 0 Å². The molecule has 2 fully saturated rings. The molecule has 1 N–H and O–H groups in total. The number of nitrogens with one attached hydrogen (secondary N) is 1. The average molecular weight is 346 g/mol. The third kappa shape index (κ3) is 3.17. The maximum Gasteiger partial charge on any atom is 0.246 e. The quantitative estimate of drug-likeness (QED) is 0.890. The highest BCUT2D eigenvalue weighted by Gasteiger charge is 2.49. The Morgan fingerprint density at radius 2 is 1.96 bits per heavy atom. The number of hydrogen-bond acceptors (Lipinski definition) is 4. The van der Waals surface area contributed by atoms with E-state index < -0.39 is 5.54 Å². The largest absolute Gasteiger partial charge is 0.497 e. The number of hydrogen-bond donors (Lipinski definition) is 1. The molecule has 1 aromatic carbocycles. The first-order valence-electron chi connectivity index (χ1n) is 8.85. The van der Waals surface area contributed by atoms with Gasteiger partial charge in [-0.25, -0.2) is 0 Å². The van der Waals surface area contributed by atoms with E-state index in [0.717, 1.165) is 25.7 Å². The van der Waals surface area contributed by atoms with Crippen LogP contribution < -0.4 is 19.7 Å². The molecule has 1 heterocycles. The molecule has 25 heavy (non-hydrogen) atoms. The summed E-state index contributed by atoms with van der Waals surface area (Å²) in [5.74, 6) is 1.02. The van der Waals surface area contributed by atoms with Gasteiger partial charge in [0.2, 0.25) is 11.8 Å². The van der Waals surface area contributed by atoms with E-state index in [9.17, 15) is 9.59 Å². The summed E-state index contributed by atoms with van der Waals surface area (Å²) in [6.45, 7) is 1.84. The van der Waals surface area contributed by atoms with Crippen molar-refractivity contribution in [3.8, 4) is 11.5 Å². The minimum absolute atomic E-state index is 0.0625. The highest BCUT2D eigenvalue weighted by molar-refractivity contribution is 6.07. The van der Waals surface area contributed by atoms with Crippen LogP contribution in [0.5, 0.6) is 11.5 Å². The fourth-order valence-electron chi connectivity index (χ4n) is 3.85. The van der Waals surface area contributed by atoms with E-state index in [1.165, 1.54) is 0 Å². The number of carbonyl (C=O) groups excluding carboxylic acids is 2. The molecule has 2 aliphatic rings. The van der Waals surface area contributed by atoms with E-state index in [1.54, 1.807) is 37.3 Å². The Bertz CT molecular complexity index is 669. The topological polar surface area (TPSA) is 67.9 Å². The second kappa shape index (κ2) is 6.94. The maximum atomic E-state index is 13.0. The third-order valence-electron chi connectivity index (χ3n) is 5.38. The molecule has 1 saturated carbocycles. The number of anilines is 1. The molecule has 6 heteroatoms. The molecule has 136 valence electrons. The Labute approximate surface area is 148 Å². The van der Waals surface area contributed by atoms with Crippen molar-refractivity contribution in [2.75, 3.05) is 19.1 Å². The molecule has 6 nitrogen and oxygen atoms in total. The number of benzene rings is 1. The lowest BCUT2D eigenvalue weighted by atomic mass is 9.96. The molecule has 3 rings (SSSR count). The summed E-state index contributed by atoms with van der Waals surface area (Å²) in [7, 11) is 3.13. The van der Waals surface area contributed by atoms with Gasteiger partial charge in [-0.2, -0.15) is 0 Å². The Morgan fingerprint density at radius 3 is 2.60 bits per heavy atom. The van der Waals surface area contributed by atoms with Crippen LogP contribution in [0.4, 0.5) is 5.69 Å². The van der Waals surface area contributed by atoms with Gasteiger partial charge >= 0.3 is 0 Å². The molecule has 0 radical (unpaired) electrons. The smallest absolute Gasteiger partial charge is 0.246 e. The van der Waals surface area contributed by atoms with Crippen LogP contribution in [-0.4, -0.2) is 37.6 Å². The van der Waals surface area contributed by atoms with Gasteiger partial charge in [-0.1, -0.05) is 12.8 Å². The maximum absolute atomic E-state index is 13.0. The standard InChI is InChI=1S/C19H26N2O4/c1-19(18(23)20-13-6-4-5-7-13)11-10-17(22)21(19)15-9-8-14(24-2)12-16(15)25-3/h8-9,12-13H,4-7,10-11H2,1-3H3,(H,20,23)/t19-/m1/s1. The predicted molar refractivity (Wildman–Crippen MR) is 95.1 cm³/mol. The third-order valence-corrected chi connectivity index (χ3v) is 5.38. The number of amides is 2.